The number of rotatable bonds is 1. The van der Waals surface area contributed by atoms with Crippen LogP contribution in [0.5, 0.6) is 0 Å². The van der Waals surface area contributed by atoms with Gasteiger partial charge in [0.05, 0.1) is 6.04 Å². The van der Waals surface area contributed by atoms with Gasteiger partial charge in [0.2, 0.25) is 5.91 Å². The third-order valence-electron chi connectivity index (χ3n) is 2.49. The molecule has 1 unspecified atom stereocenters. The van der Waals surface area contributed by atoms with Crippen LogP contribution in [-0.4, -0.2) is 27.9 Å². The molecule has 2 atom stereocenters. The Balaban J connectivity index is 2.29. The van der Waals surface area contributed by atoms with Gasteiger partial charge in [-0.2, -0.15) is 0 Å². The van der Waals surface area contributed by atoms with Crippen molar-refractivity contribution in [2.45, 2.75) is 19.4 Å². The van der Waals surface area contributed by atoms with Gasteiger partial charge in [-0.15, -0.1) is 0 Å². The molecule has 1 saturated heterocycles. The molecule has 1 amide bonds. The lowest BCUT2D eigenvalue weighted by atomic mass is 9.94. The number of fused-ring (bicyclic) bond motifs is 1. The standard InChI is InChI=1S/C8H9NO3/c1-4-2-6(8(11)12)9-5(4)3-7(9)10/h2,4-5H,3H2,1H3,(H,11,12)/t4-,5?/m1/s1. The van der Waals surface area contributed by atoms with Crippen LogP contribution < -0.4 is 0 Å². The van der Waals surface area contributed by atoms with Crippen LogP contribution in [0.15, 0.2) is 11.8 Å². The van der Waals surface area contributed by atoms with Crippen LogP contribution in [0.1, 0.15) is 13.3 Å². The number of carbonyl (C=O) groups excluding carboxylic acids is 1. The highest BCUT2D eigenvalue weighted by atomic mass is 16.4. The lowest BCUT2D eigenvalue weighted by molar-refractivity contribution is -0.148. The average Bonchev–Trinajstić information content (AvgIpc) is 2.22. The summed E-state index contributed by atoms with van der Waals surface area (Å²) in [4.78, 5) is 23.0. The first-order valence-electron chi connectivity index (χ1n) is 3.88. The zero-order valence-electron chi connectivity index (χ0n) is 6.65. The van der Waals surface area contributed by atoms with E-state index >= 15 is 0 Å². The van der Waals surface area contributed by atoms with Crippen LogP contribution in [0.4, 0.5) is 0 Å². The van der Waals surface area contributed by atoms with Crippen LogP contribution >= 0.6 is 0 Å². The van der Waals surface area contributed by atoms with Crippen LogP contribution in [-0.2, 0) is 9.59 Å². The van der Waals surface area contributed by atoms with Crippen molar-refractivity contribution in [3.63, 3.8) is 0 Å². The van der Waals surface area contributed by atoms with Gasteiger partial charge in [0.15, 0.2) is 0 Å². The fourth-order valence-corrected chi connectivity index (χ4v) is 1.79. The molecule has 0 saturated carbocycles. The second kappa shape index (κ2) is 2.09. The summed E-state index contributed by atoms with van der Waals surface area (Å²) in [5, 5.41) is 8.71. The van der Waals surface area contributed by atoms with Crippen LogP contribution in [0, 0.1) is 5.92 Å². The highest BCUT2D eigenvalue weighted by molar-refractivity contribution is 5.97. The van der Waals surface area contributed by atoms with Crippen LogP contribution in [0.2, 0.25) is 0 Å². The molecule has 2 rings (SSSR count). The molecule has 1 N–H and O–H groups in total. The SMILES string of the molecule is C[C@@H]1C=C(C(=O)O)N2C(=O)CC12. The summed E-state index contributed by atoms with van der Waals surface area (Å²) < 4.78 is 0. The van der Waals surface area contributed by atoms with Gasteiger partial charge in [-0.25, -0.2) is 4.79 Å². The molecule has 0 radical (unpaired) electrons. The smallest absolute Gasteiger partial charge is 0.352 e. The van der Waals surface area contributed by atoms with Crippen molar-refractivity contribution in [1.29, 1.82) is 0 Å². The fourth-order valence-electron chi connectivity index (χ4n) is 1.79. The molecule has 2 aliphatic heterocycles. The van der Waals surface area contributed by atoms with Crippen LogP contribution in [0.25, 0.3) is 0 Å². The third kappa shape index (κ3) is 0.719. The maximum atomic E-state index is 11.0. The van der Waals surface area contributed by atoms with E-state index in [9.17, 15) is 9.59 Å². The number of hydrogen-bond acceptors (Lipinski definition) is 2. The Morgan fingerprint density at radius 2 is 2.42 bits per heavy atom. The number of β-lactam (4-membered cyclic amide) rings is 1. The van der Waals surface area contributed by atoms with Gasteiger partial charge in [-0.1, -0.05) is 6.92 Å². The van der Waals surface area contributed by atoms with E-state index in [4.69, 9.17) is 5.11 Å². The Morgan fingerprint density at radius 1 is 1.75 bits per heavy atom. The Hall–Kier alpha value is -1.32. The van der Waals surface area contributed by atoms with Gasteiger partial charge in [-0.05, 0) is 12.0 Å². The van der Waals surface area contributed by atoms with Crippen molar-refractivity contribution in [2.24, 2.45) is 5.92 Å². The number of hydrogen-bond donors (Lipinski definition) is 1. The molecule has 4 nitrogen and oxygen atoms in total. The Kier molecular flexibility index (Phi) is 1.28. The number of carboxylic acids is 1. The maximum absolute atomic E-state index is 11.0. The van der Waals surface area contributed by atoms with Gasteiger partial charge in [0.1, 0.15) is 5.70 Å². The molecule has 0 aliphatic carbocycles. The molecule has 0 aromatic rings. The van der Waals surface area contributed by atoms with Crippen molar-refractivity contribution < 1.29 is 14.7 Å². The highest BCUT2D eigenvalue weighted by Crippen LogP contribution is 2.37. The molecule has 0 bridgehead atoms. The minimum atomic E-state index is -1.00. The molecular weight excluding hydrogens is 158 g/mol. The molecule has 4 heteroatoms. The Bertz CT molecular complexity index is 295. The van der Waals surface area contributed by atoms with E-state index in [2.05, 4.69) is 0 Å². The van der Waals surface area contributed by atoms with E-state index in [1.807, 2.05) is 6.92 Å². The fraction of sp³-hybridized carbons (Fsp3) is 0.500. The molecule has 64 valence electrons. The summed E-state index contributed by atoms with van der Waals surface area (Å²) in [5.41, 5.74) is 0.156. The minimum Gasteiger partial charge on any atom is -0.477 e. The van der Waals surface area contributed by atoms with Crippen LogP contribution in [0.3, 0.4) is 0 Å². The van der Waals surface area contributed by atoms with Gasteiger partial charge >= 0.3 is 5.97 Å². The molecule has 0 aromatic carbocycles. The summed E-state index contributed by atoms with van der Waals surface area (Å²) in [6, 6.07) is 0.114. The summed E-state index contributed by atoms with van der Waals surface area (Å²) in [7, 11) is 0. The Morgan fingerprint density at radius 3 is 2.83 bits per heavy atom. The normalized spacial score (nSPS) is 32.6. The molecule has 12 heavy (non-hydrogen) atoms. The van der Waals surface area contributed by atoms with E-state index in [0.29, 0.717) is 6.42 Å². The van der Waals surface area contributed by atoms with E-state index in [-0.39, 0.29) is 23.6 Å². The predicted molar refractivity (Wildman–Crippen MR) is 40.1 cm³/mol. The number of amides is 1. The van der Waals surface area contributed by atoms with Crippen molar-refractivity contribution >= 4 is 11.9 Å². The number of carbonyl (C=O) groups is 2. The maximum Gasteiger partial charge on any atom is 0.352 e. The third-order valence-corrected chi connectivity index (χ3v) is 2.49. The van der Waals surface area contributed by atoms with E-state index in [0.717, 1.165) is 0 Å². The van der Waals surface area contributed by atoms with Crippen molar-refractivity contribution in [2.75, 3.05) is 0 Å². The summed E-state index contributed by atoms with van der Waals surface area (Å²) in [6.07, 6.45) is 2.15. The van der Waals surface area contributed by atoms with E-state index in [1.165, 1.54) is 4.90 Å². The Labute approximate surface area is 69.5 Å². The predicted octanol–water partition coefficient (Wildman–Crippen LogP) is 0.205. The van der Waals surface area contributed by atoms with Crippen molar-refractivity contribution in [1.82, 2.24) is 4.90 Å². The van der Waals surface area contributed by atoms with Gasteiger partial charge in [0, 0.05) is 6.42 Å². The van der Waals surface area contributed by atoms with Crippen molar-refractivity contribution in [3.8, 4) is 0 Å². The lowest BCUT2D eigenvalue weighted by Crippen LogP contribution is -2.51. The highest BCUT2D eigenvalue weighted by Gasteiger charge is 2.47. The quantitative estimate of drug-likeness (QED) is 0.568. The molecule has 0 spiro atoms. The second-order valence-electron chi connectivity index (χ2n) is 3.25. The average molecular weight is 167 g/mol. The second-order valence-corrected chi connectivity index (χ2v) is 3.25. The monoisotopic (exact) mass is 167 g/mol. The molecule has 2 heterocycles. The largest absolute Gasteiger partial charge is 0.477 e. The van der Waals surface area contributed by atoms with Crippen molar-refractivity contribution in [3.05, 3.63) is 11.8 Å². The number of nitrogens with zero attached hydrogens (tertiary/aromatic N) is 1. The van der Waals surface area contributed by atoms with Gasteiger partial charge < -0.3 is 10.0 Å². The molecule has 1 fully saturated rings. The topological polar surface area (TPSA) is 57.6 Å². The van der Waals surface area contributed by atoms with E-state index in [1.54, 1.807) is 6.08 Å². The molecule has 2 aliphatic rings. The first-order valence-corrected chi connectivity index (χ1v) is 3.88. The molecule has 0 aromatic heterocycles. The summed E-state index contributed by atoms with van der Waals surface area (Å²) in [6.45, 7) is 1.93. The summed E-state index contributed by atoms with van der Waals surface area (Å²) >= 11 is 0. The van der Waals surface area contributed by atoms with Gasteiger partial charge in [0.25, 0.3) is 0 Å². The zero-order chi connectivity index (χ0) is 8.88. The van der Waals surface area contributed by atoms with E-state index < -0.39 is 5.97 Å². The lowest BCUT2D eigenvalue weighted by Gasteiger charge is -2.37. The number of carboxylic acid groups (broad SMARTS) is 1. The first kappa shape index (κ1) is 7.34. The molecular formula is C8H9NO3. The summed E-state index contributed by atoms with van der Waals surface area (Å²) in [5.74, 6) is -0.885. The first-order chi connectivity index (χ1) is 5.61. The minimum absolute atomic E-state index is 0.0713. The zero-order valence-corrected chi connectivity index (χ0v) is 6.65. The van der Waals surface area contributed by atoms with Gasteiger partial charge in [-0.3, -0.25) is 4.79 Å². The number of aliphatic carboxylic acids is 1.